The molecule has 128 valence electrons. The molecular formula is C17H22N3O4+. The maximum atomic E-state index is 12.2. The molecule has 1 fully saturated rings. The lowest BCUT2D eigenvalue weighted by atomic mass is 10.1. The second-order valence-corrected chi connectivity index (χ2v) is 6.02. The van der Waals surface area contributed by atoms with Crippen LogP contribution in [-0.4, -0.2) is 68.6 Å². The predicted octanol–water partition coefficient (Wildman–Crippen LogP) is -1.30. The highest BCUT2D eigenvalue weighted by Crippen LogP contribution is 2.22. The van der Waals surface area contributed by atoms with Gasteiger partial charge >= 0.3 is 0 Å². The number of carbonyl (C=O) groups is 3. The van der Waals surface area contributed by atoms with Gasteiger partial charge in [0.1, 0.15) is 13.1 Å². The van der Waals surface area contributed by atoms with E-state index in [0.717, 1.165) is 37.7 Å². The number of quaternary nitrogens is 1. The van der Waals surface area contributed by atoms with Crippen LogP contribution < -0.4 is 10.2 Å². The first kappa shape index (κ1) is 16.6. The molecule has 0 radical (unpaired) electrons. The number of rotatable bonds is 6. The first-order valence-electron chi connectivity index (χ1n) is 8.30. The lowest BCUT2D eigenvalue weighted by molar-refractivity contribution is -0.906. The number of carbonyl (C=O) groups excluding carboxylic acids is 3. The van der Waals surface area contributed by atoms with Crippen LogP contribution in [-0.2, 0) is 9.53 Å². The number of nitrogens with one attached hydrogen (secondary N) is 2. The standard InChI is InChI=1S/C17H21N3O4/c21-15(18-6-8-19-9-11-24-12-10-19)5-7-20-16(22)13-3-1-2-4-14(13)17(20)23/h1-4H,5-12H2,(H,18,21)/p+1. The average molecular weight is 332 g/mol. The Balaban J connectivity index is 1.42. The van der Waals surface area contributed by atoms with E-state index in [1.54, 1.807) is 24.3 Å². The number of imide groups is 1. The van der Waals surface area contributed by atoms with Crippen molar-refractivity contribution < 1.29 is 24.0 Å². The Morgan fingerprint density at radius 3 is 2.38 bits per heavy atom. The lowest BCUT2D eigenvalue weighted by Gasteiger charge is -2.23. The van der Waals surface area contributed by atoms with E-state index in [0.29, 0.717) is 17.7 Å². The normalized spacial score (nSPS) is 17.9. The number of ether oxygens (including phenoxy) is 1. The fourth-order valence-electron chi connectivity index (χ4n) is 3.03. The topological polar surface area (TPSA) is 80.2 Å². The molecule has 2 aliphatic heterocycles. The van der Waals surface area contributed by atoms with Gasteiger partial charge in [-0.1, -0.05) is 12.1 Å². The van der Waals surface area contributed by atoms with E-state index >= 15 is 0 Å². The monoisotopic (exact) mass is 332 g/mol. The number of benzene rings is 1. The van der Waals surface area contributed by atoms with Gasteiger partial charge in [-0.2, -0.15) is 0 Å². The summed E-state index contributed by atoms with van der Waals surface area (Å²) in [5.74, 6) is -0.776. The maximum absolute atomic E-state index is 12.2. The van der Waals surface area contributed by atoms with Gasteiger partial charge in [0.05, 0.1) is 37.4 Å². The van der Waals surface area contributed by atoms with Gasteiger partial charge in [-0.3, -0.25) is 19.3 Å². The van der Waals surface area contributed by atoms with Crippen molar-refractivity contribution in [1.29, 1.82) is 0 Å². The summed E-state index contributed by atoms with van der Waals surface area (Å²) in [7, 11) is 0. The van der Waals surface area contributed by atoms with Gasteiger partial charge in [0.2, 0.25) is 5.91 Å². The third-order valence-electron chi connectivity index (χ3n) is 4.44. The second kappa shape index (κ2) is 7.55. The van der Waals surface area contributed by atoms with Crippen molar-refractivity contribution >= 4 is 17.7 Å². The van der Waals surface area contributed by atoms with Crippen LogP contribution in [0.3, 0.4) is 0 Å². The number of hydrogen-bond donors (Lipinski definition) is 2. The van der Waals surface area contributed by atoms with Crippen LogP contribution in [0.1, 0.15) is 27.1 Å². The molecule has 1 aromatic rings. The summed E-state index contributed by atoms with van der Waals surface area (Å²) in [6.07, 6.45) is 0.129. The van der Waals surface area contributed by atoms with E-state index in [2.05, 4.69) is 5.32 Å². The molecule has 2 N–H and O–H groups in total. The first-order chi connectivity index (χ1) is 11.7. The second-order valence-electron chi connectivity index (χ2n) is 6.02. The molecule has 2 aliphatic rings. The van der Waals surface area contributed by atoms with Crippen LogP contribution in [0, 0.1) is 0 Å². The largest absolute Gasteiger partial charge is 0.370 e. The smallest absolute Gasteiger partial charge is 0.261 e. The Morgan fingerprint density at radius 1 is 1.12 bits per heavy atom. The van der Waals surface area contributed by atoms with Crippen LogP contribution in [0.2, 0.25) is 0 Å². The molecular weight excluding hydrogens is 310 g/mol. The zero-order chi connectivity index (χ0) is 16.9. The Bertz CT molecular complexity index is 605. The molecule has 24 heavy (non-hydrogen) atoms. The molecule has 1 saturated heterocycles. The summed E-state index contributed by atoms with van der Waals surface area (Å²) in [5.41, 5.74) is 0.831. The quantitative estimate of drug-likeness (QED) is 0.635. The molecule has 0 spiro atoms. The third kappa shape index (κ3) is 3.63. The lowest BCUT2D eigenvalue weighted by Crippen LogP contribution is -3.14. The van der Waals surface area contributed by atoms with Crippen molar-refractivity contribution in [2.75, 3.05) is 45.9 Å². The van der Waals surface area contributed by atoms with Gasteiger partial charge in [0, 0.05) is 13.0 Å². The van der Waals surface area contributed by atoms with Crippen LogP contribution in [0.15, 0.2) is 24.3 Å². The fourth-order valence-corrected chi connectivity index (χ4v) is 3.03. The van der Waals surface area contributed by atoms with Crippen molar-refractivity contribution in [3.05, 3.63) is 35.4 Å². The molecule has 7 nitrogen and oxygen atoms in total. The van der Waals surface area contributed by atoms with Gasteiger partial charge in [-0.25, -0.2) is 0 Å². The Morgan fingerprint density at radius 2 is 1.75 bits per heavy atom. The first-order valence-corrected chi connectivity index (χ1v) is 8.30. The minimum absolute atomic E-state index is 0.114. The fraction of sp³-hybridized carbons (Fsp3) is 0.471. The van der Waals surface area contributed by atoms with Crippen molar-refractivity contribution in [2.24, 2.45) is 0 Å². The average Bonchev–Trinajstić information content (AvgIpc) is 2.85. The van der Waals surface area contributed by atoms with Crippen molar-refractivity contribution in [3.63, 3.8) is 0 Å². The molecule has 7 heteroatoms. The zero-order valence-corrected chi connectivity index (χ0v) is 13.5. The summed E-state index contributed by atoms with van der Waals surface area (Å²) in [6.45, 7) is 5.03. The number of amides is 3. The van der Waals surface area contributed by atoms with Gasteiger partial charge in [0.25, 0.3) is 11.8 Å². The van der Waals surface area contributed by atoms with Crippen LogP contribution >= 0.6 is 0 Å². The van der Waals surface area contributed by atoms with E-state index in [4.69, 9.17) is 4.74 Å². The summed E-state index contributed by atoms with van der Waals surface area (Å²) < 4.78 is 5.29. The molecule has 0 unspecified atom stereocenters. The molecule has 3 amide bonds. The van der Waals surface area contributed by atoms with Gasteiger partial charge in [-0.05, 0) is 12.1 Å². The minimum Gasteiger partial charge on any atom is -0.370 e. The van der Waals surface area contributed by atoms with E-state index in [1.807, 2.05) is 0 Å². The highest BCUT2D eigenvalue weighted by atomic mass is 16.5. The summed E-state index contributed by atoms with van der Waals surface area (Å²) in [6, 6.07) is 6.74. The van der Waals surface area contributed by atoms with Gasteiger partial charge in [0.15, 0.2) is 0 Å². The number of morpholine rings is 1. The van der Waals surface area contributed by atoms with E-state index in [1.165, 1.54) is 4.90 Å². The highest BCUT2D eigenvalue weighted by molar-refractivity contribution is 6.21. The highest BCUT2D eigenvalue weighted by Gasteiger charge is 2.34. The maximum Gasteiger partial charge on any atom is 0.261 e. The molecule has 2 heterocycles. The van der Waals surface area contributed by atoms with Crippen molar-refractivity contribution in [3.8, 4) is 0 Å². The Labute approximate surface area is 140 Å². The van der Waals surface area contributed by atoms with Crippen molar-refractivity contribution in [1.82, 2.24) is 10.2 Å². The van der Waals surface area contributed by atoms with Crippen LogP contribution in [0.25, 0.3) is 0 Å². The summed E-state index contributed by atoms with van der Waals surface area (Å²) in [5, 5.41) is 2.85. The number of fused-ring (bicyclic) bond motifs is 1. The predicted molar refractivity (Wildman–Crippen MR) is 85.8 cm³/mol. The molecule has 0 aliphatic carbocycles. The van der Waals surface area contributed by atoms with Crippen LogP contribution in [0.5, 0.6) is 0 Å². The molecule has 0 bridgehead atoms. The van der Waals surface area contributed by atoms with Gasteiger partial charge in [-0.15, -0.1) is 0 Å². The summed E-state index contributed by atoms with van der Waals surface area (Å²) >= 11 is 0. The number of hydrogen-bond acceptors (Lipinski definition) is 4. The molecule has 1 aromatic carbocycles. The van der Waals surface area contributed by atoms with Crippen molar-refractivity contribution in [2.45, 2.75) is 6.42 Å². The van der Waals surface area contributed by atoms with E-state index in [-0.39, 0.29) is 30.7 Å². The SMILES string of the molecule is O=C(CCN1C(=O)c2ccccc2C1=O)NCC[NH+]1CCOCC1. The zero-order valence-electron chi connectivity index (χ0n) is 13.5. The molecule has 0 atom stereocenters. The minimum atomic E-state index is -0.318. The van der Waals surface area contributed by atoms with Gasteiger partial charge < -0.3 is 15.0 Å². The van der Waals surface area contributed by atoms with E-state index < -0.39 is 0 Å². The molecule has 3 rings (SSSR count). The summed E-state index contributed by atoms with van der Waals surface area (Å²) in [4.78, 5) is 38.9. The Hall–Kier alpha value is -2.25. The molecule has 0 aromatic heterocycles. The number of nitrogens with zero attached hydrogens (tertiary/aromatic N) is 1. The van der Waals surface area contributed by atoms with E-state index in [9.17, 15) is 14.4 Å². The Kier molecular flexibility index (Phi) is 5.22. The third-order valence-corrected chi connectivity index (χ3v) is 4.44. The van der Waals surface area contributed by atoms with Crippen LogP contribution in [0.4, 0.5) is 0 Å². The molecule has 0 saturated carbocycles.